The smallest absolute Gasteiger partial charge is 0.410 e. The monoisotopic (exact) mass is 563 g/mol. The number of fused-ring (bicyclic) bond motifs is 1. The Bertz CT molecular complexity index is 1520. The number of rotatable bonds is 10. The minimum absolute atomic E-state index is 0.0950. The topological polar surface area (TPSA) is 149 Å². The lowest BCUT2D eigenvalue weighted by Crippen LogP contribution is -2.42. The number of carbonyl (C=O) groups excluding carboxylic acids is 2. The van der Waals surface area contributed by atoms with Crippen molar-refractivity contribution < 1.29 is 23.1 Å². The number of aromatic nitrogens is 3. The zero-order chi connectivity index (χ0) is 29.6. The van der Waals surface area contributed by atoms with E-state index in [0.717, 1.165) is 0 Å². The highest BCUT2D eigenvalue weighted by Crippen LogP contribution is 2.23. The number of anilines is 3. The number of para-hydroxylation sites is 2. The number of benzene rings is 1. The second-order valence-corrected chi connectivity index (χ2v) is 10.6. The first-order valence-corrected chi connectivity index (χ1v) is 13.2. The predicted molar refractivity (Wildman–Crippen MR) is 153 cm³/mol. The number of nitrogen functional groups attached to an aromatic ring is 1. The molecule has 0 saturated heterocycles. The van der Waals surface area contributed by atoms with E-state index in [0.29, 0.717) is 34.2 Å². The highest BCUT2D eigenvalue weighted by atomic mass is 19.1. The molecule has 0 radical (unpaired) electrons. The van der Waals surface area contributed by atoms with Gasteiger partial charge in [-0.1, -0.05) is 19.1 Å². The van der Waals surface area contributed by atoms with E-state index >= 15 is 0 Å². The van der Waals surface area contributed by atoms with Crippen LogP contribution in [0.2, 0.25) is 0 Å². The summed E-state index contributed by atoms with van der Waals surface area (Å²) in [5, 5.41) is 5.87. The van der Waals surface area contributed by atoms with Gasteiger partial charge in [0.2, 0.25) is 5.91 Å². The minimum atomic E-state index is -0.726. The van der Waals surface area contributed by atoms with E-state index in [1.165, 1.54) is 23.2 Å². The van der Waals surface area contributed by atoms with Gasteiger partial charge in [-0.15, -0.1) is 0 Å². The summed E-state index contributed by atoms with van der Waals surface area (Å²) in [5.41, 5.74) is 7.37. The second-order valence-electron chi connectivity index (χ2n) is 10.6. The zero-order valence-corrected chi connectivity index (χ0v) is 23.5. The van der Waals surface area contributed by atoms with Gasteiger partial charge < -0.3 is 30.4 Å². The number of nitrogens with zero attached hydrogens (tertiary/aromatic N) is 4. The van der Waals surface area contributed by atoms with E-state index in [4.69, 9.17) is 14.9 Å². The molecule has 4 aromatic rings. The fourth-order valence-electron chi connectivity index (χ4n) is 3.95. The fourth-order valence-corrected chi connectivity index (χ4v) is 3.95. The number of nitrogens with one attached hydrogen (secondary N) is 2. The van der Waals surface area contributed by atoms with Crippen molar-refractivity contribution in [2.75, 3.05) is 29.5 Å². The molecule has 0 saturated carbocycles. The van der Waals surface area contributed by atoms with Gasteiger partial charge >= 0.3 is 6.09 Å². The molecule has 41 heavy (non-hydrogen) atoms. The van der Waals surface area contributed by atoms with Crippen LogP contribution in [0.4, 0.5) is 26.4 Å². The first-order valence-electron chi connectivity index (χ1n) is 13.2. The summed E-state index contributed by atoms with van der Waals surface area (Å²) in [5.74, 6) is -0.507. The lowest BCUT2D eigenvalue weighted by Gasteiger charge is -2.28. The molecule has 216 valence electrons. The van der Waals surface area contributed by atoms with Crippen molar-refractivity contribution in [1.29, 1.82) is 0 Å². The fraction of sp³-hybridized carbons (Fsp3) is 0.345. The van der Waals surface area contributed by atoms with E-state index in [1.54, 1.807) is 64.2 Å². The number of pyridine rings is 2. The van der Waals surface area contributed by atoms with Gasteiger partial charge in [0, 0.05) is 38.0 Å². The molecule has 12 heteroatoms. The van der Waals surface area contributed by atoms with Gasteiger partial charge in [0.05, 0.1) is 29.5 Å². The molecule has 0 aliphatic heterocycles. The van der Waals surface area contributed by atoms with Crippen molar-refractivity contribution in [2.45, 2.75) is 46.3 Å². The third-order valence-electron chi connectivity index (χ3n) is 6.02. The number of ether oxygens (including phenoxy) is 1. The van der Waals surface area contributed by atoms with Crippen LogP contribution in [0.15, 0.2) is 59.3 Å². The Morgan fingerprint density at radius 1 is 1.12 bits per heavy atom. The highest BCUT2D eigenvalue weighted by molar-refractivity contribution is 5.95. The van der Waals surface area contributed by atoms with Crippen LogP contribution < -0.4 is 16.4 Å². The molecule has 2 amide bonds. The summed E-state index contributed by atoms with van der Waals surface area (Å²) in [6.07, 6.45) is 2.76. The predicted octanol–water partition coefficient (Wildman–Crippen LogP) is 5.01. The Morgan fingerprint density at radius 3 is 2.63 bits per heavy atom. The maximum absolute atomic E-state index is 14.0. The normalized spacial score (nSPS) is 12.1. The van der Waals surface area contributed by atoms with E-state index in [-0.39, 0.29) is 37.7 Å². The van der Waals surface area contributed by atoms with Crippen LogP contribution in [0, 0.1) is 11.7 Å². The van der Waals surface area contributed by atoms with E-state index in [1.807, 2.05) is 0 Å². The van der Waals surface area contributed by atoms with Crippen LogP contribution in [0.5, 0.6) is 0 Å². The van der Waals surface area contributed by atoms with Crippen molar-refractivity contribution in [1.82, 2.24) is 19.9 Å². The van der Waals surface area contributed by atoms with Gasteiger partial charge in [0.15, 0.2) is 22.8 Å². The molecular weight excluding hydrogens is 529 g/mol. The van der Waals surface area contributed by atoms with Crippen molar-refractivity contribution in [3.63, 3.8) is 0 Å². The first kappa shape index (κ1) is 29.2. The highest BCUT2D eigenvalue weighted by Gasteiger charge is 2.26. The van der Waals surface area contributed by atoms with Gasteiger partial charge in [-0.05, 0) is 45.0 Å². The van der Waals surface area contributed by atoms with Crippen LogP contribution in [-0.2, 0) is 22.5 Å². The molecule has 3 aromatic heterocycles. The van der Waals surface area contributed by atoms with E-state index in [9.17, 15) is 14.0 Å². The molecule has 1 aromatic carbocycles. The van der Waals surface area contributed by atoms with Crippen molar-refractivity contribution in [2.24, 2.45) is 5.92 Å². The largest absolute Gasteiger partial charge is 0.444 e. The molecule has 1 atom stereocenters. The molecule has 4 N–H and O–H groups in total. The third kappa shape index (κ3) is 7.90. The number of carbonyl (C=O) groups is 2. The number of hydrogen-bond acceptors (Lipinski definition) is 9. The summed E-state index contributed by atoms with van der Waals surface area (Å²) in [6, 6.07) is 11.5. The molecule has 0 aliphatic rings. The van der Waals surface area contributed by atoms with Crippen LogP contribution in [0.3, 0.4) is 0 Å². The summed E-state index contributed by atoms with van der Waals surface area (Å²) >= 11 is 0. The van der Waals surface area contributed by atoms with Crippen molar-refractivity contribution >= 4 is 40.3 Å². The third-order valence-corrected chi connectivity index (χ3v) is 6.02. The lowest BCUT2D eigenvalue weighted by atomic mass is 10.1. The standard InChI is InChI=1S/C29H34FN7O4/c1-18(27(38)35-21-10-6-5-9-20(21)31)17-37(28(39)41-29(2,3)4)15-12-24-36-25-23(40-24)11-14-33-26(25)34-16-22-19(30)8-7-13-32-22/h5-11,13-14,18H,12,15-17,31H2,1-4H3,(H,33,34)(H,35,38). The van der Waals surface area contributed by atoms with Crippen LogP contribution in [0.25, 0.3) is 11.1 Å². The molecule has 1 unspecified atom stereocenters. The second kappa shape index (κ2) is 12.6. The summed E-state index contributed by atoms with van der Waals surface area (Å²) in [4.78, 5) is 40.3. The quantitative estimate of drug-likeness (QED) is 0.227. The van der Waals surface area contributed by atoms with Crippen LogP contribution in [-0.4, -0.2) is 50.5 Å². The van der Waals surface area contributed by atoms with Gasteiger partial charge in [-0.25, -0.2) is 19.2 Å². The van der Waals surface area contributed by atoms with Crippen LogP contribution in [0.1, 0.15) is 39.3 Å². The molecule has 4 rings (SSSR count). The Kier molecular flexibility index (Phi) is 9.00. The van der Waals surface area contributed by atoms with Crippen molar-refractivity contribution in [3.8, 4) is 0 Å². The average molecular weight is 564 g/mol. The average Bonchev–Trinajstić information content (AvgIpc) is 3.34. The number of nitrogens with two attached hydrogens (primary N) is 1. The molecule has 11 nitrogen and oxygen atoms in total. The van der Waals surface area contributed by atoms with E-state index in [2.05, 4.69) is 25.6 Å². The van der Waals surface area contributed by atoms with Gasteiger partial charge in [-0.2, -0.15) is 0 Å². The number of halogens is 1. The Hall–Kier alpha value is -4.74. The Balaban J connectivity index is 1.46. The minimum Gasteiger partial charge on any atom is -0.444 e. The van der Waals surface area contributed by atoms with Gasteiger partial charge in [-0.3, -0.25) is 9.78 Å². The summed E-state index contributed by atoms with van der Waals surface area (Å²) in [7, 11) is 0. The van der Waals surface area contributed by atoms with Gasteiger partial charge in [0.25, 0.3) is 0 Å². The maximum atomic E-state index is 14.0. The lowest BCUT2D eigenvalue weighted by molar-refractivity contribution is -0.119. The Morgan fingerprint density at radius 2 is 1.90 bits per heavy atom. The SMILES string of the molecule is CC(CN(CCc1nc2c(NCc3ncccc3F)nccc2o1)C(=O)OC(C)(C)C)C(=O)Nc1ccccc1N. The molecular formula is C29H34FN7O4. The zero-order valence-electron chi connectivity index (χ0n) is 23.5. The molecule has 0 fully saturated rings. The number of hydrogen-bond donors (Lipinski definition) is 3. The molecule has 0 aliphatic carbocycles. The summed E-state index contributed by atoms with van der Waals surface area (Å²) in [6.45, 7) is 7.44. The van der Waals surface area contributed by atoms with Gasteiger partial charge in [0.1, 0.15) is 11.4 Å². The van der Waals surface area contributed by atoms with Crippen molar-refractivity contribution in [3.05, 3.63) is 72.3 Å². The first-order chi connectivity index (χ1) is 19.5. The maximum Gasteiger partial charge on any atom is 0.410 e. The number of amides is 2. The molecule has 0 bridgehead atoms. The van der Waals surface area contributed by atoms with Crippen LogP contribution >= 0.6 is 0 Å². The number of oxazole rings is 1. The molecule has 3 heterocycles. The molecule has 0 spiro atoms. The van der Waals surface area contributed by atoms with E-state index < -0.39 is 23.4 Å². The summed E-state index contributed by atoms with van der Waals surface area (Å²) < 4.78 is 25.5. The Labute approximate surface area is 237 Å².